The lowest BCUT2D eigenvalue weighted by Crippen LogP contribution is -1.97. The van der Waals surface area contributed by atoms with E-state index in [0.717, 1.165) is 38.8 Å². The van der Waals surface area contributed by atoms with Crippen LogP contribution in [0.25, 0.3) is 76.9 Å². The van der Waals surface area contributed by atoms with Gasteiger partial charge in [0.15, 0.2) is 5.58 Å². The molecule has 0 fully saturated rings. The van der Waals surface area contributed by atoms with Crippen LogP contribution in [0.3, 0.4) is 0 Å². The summed E-state index contributed by atoms with van der Waals surface area (Å²) in [6, 6.07) is 45.6. The lowest BCUT2D eigenvalue weighted by atomic mass is 10.1. The summed E-state index contributed by atoms with van der Waals surface area (Å²) in [6.45, 7) is 2.20. The highest BCUT2D eigenvalue weighted by molar-refractivity contribution is 6.14. The van der Waals surface area contributed by atoms with Gasteiger partial charge in [0.1, 0.15) is 5.58 Å². The number of rotatable bonds is 2. The molecule has 3 heterocycles. The van der Waals surface area contributed by atoms with Gasteiger partial charge in [0.05, 0.1) is 27.8 Å². The van der Waals surface area contributed by atoms with Crippen molar-refractivity contribution in [2.75, 3.05) is 0 Å². The molecule has 3 heteroatoms. The fourth-order valence-corrected chi connectivity index (χ4v) is 6.73. The number of aromatic nitrogens is 2. The van der Waals surface area contributed by atoms with Gasteiger partial charge in [0, 0.05) is 38.0 Å². The van der Waals surface area contributed by atoms with Gasteiger partial charge in [-0.2, -0.15) is 0 Å². The monoisotopic (exact) mass is 512 g/mol. The van der Waals surface area contributed by atoms with Gasteiger partial charge in [-0.1, -0.05) is 84.9 Å². The predicted octanol–water partition coefficient (Wildman–Crippen LogP) is 10.1. The standard InChI is InChI=1S/C37H24N2O/c1-23-10-8-14-28-25-11-2-5-16-31(25)38(36(23)28)24-20-21-33-30(22-24)26-12-3-6-17-32(26)39(33)34-18-9-15-29-27-13-4-7-19-35(27)40-37(29)34/h2-22H,1H3. The average molecular weight is 513 g/mol. The smallest absolute Gasteiger partial charge is 0.159 e. The van der Waals surface area contributed by atoms with Crippen LogP contribution in [0.15, 0.2) is 132 Å². The summed E-state index contributed by atoms with van der Waals surface area (Å²) in [5, 5.41) is 7.29. The summed E-state index contributed by atoms with van der Waals surface area (Å²) < 4.78 is 11.3. The molecular formula is C37H24N2O. The Morgan fingerprint density at radius 1 is 0.475 bits per heavy atom. The van der Waals surface area contributed by atoms with Gasteiger partial charge in [-0.05, 0) is 55.0 Å². The maximum Gasteiger partial charge on any atom is 0.159 e. The highest BCUT2D eigenvalue weighted by Gasteiger charge is 2.19. The summed E-state index contributed by atoms with van der Waals surface area (Å²) in [6.07, 6.45) is 0. The van der Waals surface area contributed by atoms with Gasteiger partial charge >= 0.3 is 0 Å². The van der Waals surface area contributed by atoms with Crippen molar-refractivity contribution in [2.45, 2.75) is 6.92 Å². The van der Waals surface area contributed by atoms with E-state index in [1.165, 1.54) is 43.7 Å². The van der Waals surface area contributed by atoms with E-state index in [0.29, 0.717) is 0 Å². The van der Waals surface area contributed by atoms with Crippen molar-refractivity contribution >= 4 is 65.6 Å². The predicted molar refractivity (Wildman–Crippen MR) is 167 cm³/mol. The van der Waals surface area contributed by atoms with Crippen LogP contribution in [0.5, 0.6) is 0 Å². The second-order valence-electron chi connectivity index (χ2n) is 10.6. The Balaban J connectivity index is 1.38. The Kier molecular flexibility index (Phi) is 4.26. The van der Waals surface area contributed by atoms with E-state index in [2.05, 4.69) is 131 Å². The molecular weight excluding hydrogens is 488 g/mol. The van der Waals surface area contributed by atoms with Crippen LogP contribution in [-0.4, -0.2) is 9.13 Å². The molecule has 0 aliphatic heterocycles. The highest BCUT2D eigenvalue weighted by atomic mass is 16.3. The number of hydrogen-bond donors (Lipinski definition) is 0. The minimum Gasteiger partial charge on any atom is -0.454 e. The molecule has 0 bridgehead atoms. The van der Waals surface area contributed by atoms with Crippen LogP contribution >= 0.6 is 0 Å². The molecule has 3 nitrogen and oxygen atoms in total. The minimum absolute atomic E-state index is 0.911. The summed E-state index contributed by atoms with van der Waals surface area (Å²) in [5.74, 6) is 0. The first-order valence-electron chi connectivity index (χ1n) is 13.7. The van der Waals surface area contributed by atoms with Crippen molar-refractivity contribution in [1.29, 1.82) is 0 Å². The van der Waals surface area contributed by atoms with Gasteiger partial charge in [-0.25, -0.2) is 0 Å². The molecule has 0 amide bonds. The minimum atomic E-state index is 0.911. The average Bonchev–Trinajstić information content (AvgIpc) is 3.65. The number of nitrogens with zero attached hydrogens (tertiary/aromatic N) is 2. The summed E-state index contributed by atoms with van der Waals surface area (Å²) in [5.41, 5.74) is 10.1. The highest BCUT2D eigenvalue weighted by Crippen LogP contribution is 2.40. The molecule has 0 unspecified atom stereocenters. The number of fused-ring (bicyclic) bond motifs is 9. The maximum absolute atomic E-state index is 6.47. The molecule has 6 aromatic carbocycles. The van der Waals surface area contributed by atoms with Gasteiger partial charge < -0.3 is 13.6 Å². The second kappa shape index (κ2) is 7.87. The van der Waals surface area contributed by atoms with Gasteiger partial charge in [0.25, 0.3) is 0 Å². The molecule has 0 spiro atoms. The van der Waals surface area contributed by atoms with Gasteiger partial charge in [-0.15, -0.1) is 0 Å². The summed E-state index contributed by atoms with van der Waals surface area (Å²) in [4.78, 5) is 0. The number of benzene rings is 6. The Labute approximate surface area is 230 Å². The third-order valence-electron chi connectivity index (χ3n) is 8.44. The van der Waals surface area contributed by atoms with Crippen molar-refractivity contribution < 1.29 is 4.42 Å². The Bertz CT molecular complexity index is 2450. The van der Waals surface area contributed by atoms with E-state index in [9.17, 15) is 0 Å². The topological polar surface area (TPSA) is 23.0 Å². The Morgan fingerprint density at radius 3 is 1.95 bits per heavy atom. The van der Waals surface area contributed by atoms with Crippen molar-refractivity contribution in [2.24, 2.45) is 0 Å². The van der Waals surface area contributed by atoms with E-state index in [4.69, 9.17) is 4.42 Å². The first-order chi connectivity index (χ1) is 19.8. The number of hydrogen-bond acceptors (Lipinski definition) is 1. The zero-order chi connectivity index (χ0) is 26.4. The summed E-state index contributed by atoms with van der Waals surface area (Å²) >= 11 is 0. The lowest BCUT2D eigenvalue weighted by molar-refractivity contribution is 0.666. The fraction of sp³-hybridized carbons (Fsp3) is 0.0270. The molecule has 0 aliphatic carbocycles. The molecule has 0 N–H and O–H groups in total. The lowest BCUT2D eigenvalue weighted by Gasteiger charge is -2.11. The molecule has 188 valence electrons. The number of para-hydroxylation sites is 5. The SMILES string of the molecule is Cc1cccc2c3ccccc3n(-c3ccc4c(c3)c3ccccc3n4-c3cccc4c3oc3ccccc34)c12. The van der Waals surface area contributed by atoms with E-state index in [-0.39, 0.29) is 0 Å². The molecule has 0 saturated carbocycles. The summed E-state index contributed by atoms with van der Waals surface area (Å²) in [7, 11) is 0. The Hall–Kier alpha value is -5.28. The zero-order valence-electron chi connectivity index (χ0n) is 21.9. The van der Waals surface area contributed by atoms with Crippen LogP contribution in [0.1, 0.15) is 5.56 Å². The van der Waals surface area contributed by atoms with Crippen LogP contribution in [-0.2, 0) is 0 Å². The molecule has 0 atom stereocenters. The van der Waals surface area contributed by atoms with Crippen LogP contribution in [0, 0.1) is 6.92 Å². The van der Waals surface area contributed by atoms with Crippen LogP contribution < -0.4 is 0 Å². The maximum atomic E-state index is 6.47. The molecule has 0 saturated heterocycles. The van der Waals surface area contributed by atoms with Crippen molar-refractivity contribution in [3.8, 4) is 11.4 Å². The second-order valence-corrected chi connectivity index (χ2v) is 10.6. The molecule has 9 aromatic rings. The fourth-order valence-electron chi connectivity index (χ4n) is 6.73. The zero-order valence-corrected chi connectivity index (χ0v) is 21.9. The third-order valence-corrected chi connectivity index (χ3v) is 8.44. The Morgan fingerprint density at radius 2 is 1.10 bits per heavy atom. The van der Waals surface area contributed by atoms with E-state index in [1.807, 2.05) is 12.1 Å². The third kappa shape index (κ3) is 2.79. The number of aryl methyl sites for hydroxylation is 1. The van der Waals surface area contributed by atoms with E-state index >= 15 is 0 Å². The molecule has 3 aromatic heterocycles. The van der Waals surface area contributed by atoms with Crippen molar-refractivity contribution in [1.82, 2.24) is 9.13 Å². The molecule has 0 radical (unpaired) electrons. The van der Waals surface area contributed by atoms with Crippen LogP contribution in [0.2, 0.25) is 0 Å². The van der Waals surface area contributed by atoms with Crippen molar-refractivity contribution in [3.63, 3.8) is 0 Å². The van der Waals surface area contributed by atoms with E-state index < -0.39 is 0 Å². The van der Waals surface area contributed by atoms with Gasteiger partial charge in [-0.3, -0.25) is 0 Å². The first kappa shape index (κ1) is 21.6. The number of furan rings is 1. The van der Waals surface area contributed by atoms with Crippen molar-refractivity contribution in [3.05, 3.63) is 133 Å². The molecule has 9 rings (SSSR count). The van der Waals surface area contributed by atoms with Crippen LogP contribution in [0.4, 0.5) is 0 Å². The van der Waals surface area contributed by atoms with E-state index in [1.54, 1.807) is 0 Å². The quantitative estimate of drug-likeness (QED) is 0.226. The molecule has 40 heavy (non-hydrogen) atoms. The van der Waals surface area contributed by atoms with Gasteiger partial charge in [0.2, 0.25) is 0 Å². The largest absolute Gasteiger partial charge is 0.454 e. The first-order valence-corrected chi connectivity index (χ1v) is 13.7. The molecule has 0 aliphatic rings. The normalized spacial score (nSPS) is 12.1.